The lowest BCUT2D eigenvalue weighted by Gasteiger charge is -2.06. The van der Waals surface area contributed by atoms with E-state index in [-0.39, 0.29) is 5.63 Å². The van der Waals surface area contributed by atoms with Gasteiger partial charge in [-0.25, -0.2) is 4.79 Å². The fourth-order valence-corrected chi connectivity index (χ4v) is 2.20. The third-order valence-electron chi connectivity index (χ3n) is 3.39. The van der Waals surface area contributed by atoms with E-state index in [1.807, 2.05) is 26.0 Å². The first-order chi connectivity index (χ1) is 8.09. The molecule has 0 atom stereocenters. The third-order valence-corrected chi connectivity index (χ3v) is 3.39. The van der Waals surface area contributed by atoms with E-state index in [1.54, 1.807) is 13.2 Å². The van der Waals surface area contributed by atoms with Gasteiger partial charge in [0.2, 0.25) is 0 Å². The van der Waals surface area contributed by atoms with Crippen molar-refractivity contribution in [2.45, 2.75) is 20.8 Å². The van der Waals surface area contributed by atoms with Crippen LogP contribution in [0, 0.1) is 20.8 Å². The SMILES string of the molecule is Cc1c(C)c2cc3ccoc3c(C)c2oc1=O. The highest BCUT2D eigenvalue weighted by molar-refractivity contribution is 5.98. The third kappa shape index (κ3) is 1.25. The number of benzene rings is 1. The van der Waals surface area contributed by atoms with Crippen molar-refractivity contribution >= 4 is 21.9 Å². The first-order valence-corrected chi connectivity index (χ1v) is 5.50. The molecule has 0 N–H and O–H groups in total. The number of hydrogen-bond acceptors (Lipinski definition) is 3. The molecule has 3 heteroatoms. The zero-order valence-electron chi connectivity index (χ0n) is 9.96. The second kappa shape index (κ2) is 3.23. The van der Waals surface area contributed by atoms with Crippen molar-refractivity contribution in [2.75, 3.05) is 0 Å². The molecule has 86 valence electrons. The monoisotopic (exact) mass is 228 g/mol. The summed E-state index contributed by atoms with van der Waals surface area (Å²) in [7, 11) is 0. The standard InChI is InChI=1S/C14H12O3/c1-7-8(2)14(15)17-13-9(3)12-10(4-5-16-12)6-11(7)13/h4-6H,1-3H3. The minimum absolute atomic E-state index is 0.274. The number of aryl methyl sites for hydroxylation is 2. The van der Waals surface area contributed by atoms with Gasteiger partial charge in [0.25, 0.3) is 0 Å². The molecular weight excluding hydrogens is 216 g/mol. The number of rotatable bonds is 0. The molecule has 0 amide bonds. The van der Waals surface area contributed by atoms with Crippen molar-refractivity contribution in [3.63, 3.8) is 0 Å². The second-order valence-electron chi connectivity index (χ2n) is 4.36. The molecule has 3 rings (SSSR count). The largest absolute Gasteiger partial charge is 0.464 e. The highest BCUT2D eigenvalue weighted by Gasteiger charge is 2.13. The minimum Gasteiger partial charge on any atom is -0.464 e. The second-order valence-corrected chi connectivity index (χ2v) is 4.36. The predicted octanol–water partition coefficient (Wildman–Crippen LogP) is 3.46. The van der Waals surface area contributed by atoms with Crippen LogP contribution in [0.25, 0.3) is 21.9 Å². The van der Waals surface area contributed by atoms with Crippen LogP contribution in [0.2, 0.25) is 0 Å². The Balaban J connectivity index is 2.66. The summed E-state index contributed by atoms with van der Waals surface area (Å²) in [4.78, 5) is 11.7. The zero-order valence-corrected chi connectivity index (χ0v) is 9.96. The van der Waals surface area contributed by atoms with Crippen LogP contribution < -0.4 is 5.63 Å². The van der Waals surface area contributed by atoms with Gasteiger partial charge in [0.05, 0.1) is 6.26 Å². The van der Waals surface area contributed by atoms with Gasteiger partial charge >= 0.3 is 5.63 Å². The van der Waals surface area contributed by atoms with Crippen LogP contribution in [0.5, 0.6) is 0 Å². The highest BCUT2D eigenvalue weighted by atomic mass is 16.4. The van der Waals surface area contributed by atoms with Crippen LogP contribution in [0.3, 0.4) is 0 Å². The molecule has 0 saturated carbocycles. The van der Waals surface area contributed by atoms with Gasteiger partial charge in [-0.15, -0.1) is 0 Å². The van der Waals surface area contributed by atoms with Gasteiger partial charge in [-0.2, -0.15) is 0 Å². The Labute approximate surface area is 97.7 Å². The van der Waals surface area contributed by atoms with Crippen molar-refractivity contribution in [1.82, 2.24) is 0 Å². The van der Waals surface area contributed by atoms with Gasteiger partial charge in [0.15, 0.2) is 0 Å². The molecule has 2 heterocycles. The van der Waals surface area contributed by atoms with E-state index in [4.69, 9.17) is 8.83 Å². The molecule has 0 radical (unpaired) electrons. The van der Waals surface area contributed by atoms with Crippen LogP contribution in [-0.4, -0.2) is 0 Å². The maximum Gasteiger partial charge on any atom is 0.339 e. The molecule has 0 aliphatic rings. The van der Waals surface area contributed by atoms with Gasteiger partial charge in [-0.05, 0) is 38.5 Å². The Hall–Kier alpha value is -2.03. The summed E-state index contributed by atoms with van der Waals surface area (Å²) < 4.78 is 10.8. The summed E-state index contributed by atoms with van der Waals surface area (Å²) in [6, 6.07) is 3.92. The lowest BCUT2D eigenvalue weighted by molar-refractivity contribution is 0.549. The quantitative estimate of drug-likeness (QED) is 0.553. The number of furan rings is 1. The zero-order chi connectivity index (χ0) is 12.2. The Morgan fingerprint density at radius 3 is 2.53 bits per heavy atom. The lowest BCUT2D eigenvalue weighted by Crippen LogP contribution is -2.06. The summed E-state index contributed by atoms with van der Waals surface area (Å²) in [5.74, 6) is 0. The van der Waals surface area contributed by atoms with Crippen LogP contribution in [-0.2, 0) is 0 Å². The molecule has 0 saturated heterocycles. The lowest BCUT2D eigenvalue weighted by atomic mass is 10.0. The Bertz CT molecular complexity index is 790. The molecule has 0 spiro atoms. The van der Waals surface area contributed by atoms with E-state index in [0.29, 0.717) is 11.1 Å². The van der Waals surface area contributed by atoms with Gasteiger partial charge in [0.1, 0.15) is 11.2 Å². The Kier molecular flexibility index (Phi) is 1.93. The molecule has 1 aromatic carbocycles. The predicted molar refractivity (Wildman–Crippen MR) is 66.5 cm³/mol. The normalized spacial score (nSPS) is 11.5. The van der Waals surface area contributed by atoms with Gasteiger partial charge < -0.3 is 8.83 Å². The van der Waals surface area contributed by atoms with Crippen LogP contribution in [0.15, 0.2) is 32.0 Å². The molecule has 0 fully saturated rings. The van der Waals surface area contributed by atoms with Gasteiger partial charge in [-0.3, -0.25) is 0 Å². The van der Waals surface area contributed by atoms with E-state index < -0.39 is 0 Å². The molecule has 0 bridgehead atoms. The minimum atomic E-state index is -0.274. The molecule has 0 aliphatic heterocycles. The van der Waals surface area contributed by atoms with E-state index >= 15 is 0 Å². The topological polar surface area (TPSA) is 43.4 Å². The fraction of sp³-hybridized carbons (Fsp3) is 0.214. The van der Waals surface area contributed by atoms with E-state index in [2.05, 4.69) is 0 Å². The first kappa shape index (κ1) is 10.1. The number of hydrogen-bond donors (Lipinski definition) is 0. The fourth-order valence-electron chi connectivity index (χ4n) is 2.20. The summed E-state index contributed by atoms with van der Waals surface area (Å²) in [6.45, 7) is 5.64. The maximum absolute atomic E-state index is 11.7. The van der Waals surface area contributed by atoms with Crippen molar-refractivity contribution in [1.29, 1.82) is 0 Å². The van der Waals surface area contributed by atoms with Crippen molar-refractivity contribution < 1.29 is 8.83 Å². The molecule has 3 aromatic rings. The summed E-state index contributed by atoms with van der Waals surface area (Å²) in [5.41, 5.74) is 3.65. The van der Waals surface area contributed by atoms with Crippen LogP contribution in [0.1, 0.15) is 16.7 Å². The highest BCUT2D eigenvalue weighted by Crippen LogP contribution is 2.30. The summed E-state index contributed by atoms with van der Waals surface area (Å²) in [6.07, 6.45) is 1.65. The molecule has 17 heavy (non-hydrogen) atoms. The summed E-state index contributed by atoms with van der Waals surface area (Å²) in [5, 5.41) is 2.01. The van der Waals surface area contributed by atoms with Crippen molar-refractivity contribution in [3.8, 4) is 0 Å². The van der Waals surface area contributed by atoms with E-state index in [1.165, 1.54) is 0 Å². The first-order valence-electron chi connectivity index (χ1n) is 5.50. The average Bonchev–Trinajstić information content (AvgIpc) is 2.77. The average molecular weight is 228 g/mol. The van der Waals surface area contributed by atoms with E-state index in [9.17, 15) is 4.79 Å². The van der Waals surface area contributed by atoms with E-state index in [0.717, 1.165) is 27.5 Å². The molecule has 3 nitrogen and oxygen atoms in total. The Morgan fingerprint density at radius 2 is 1.76 bits per heavy atom. The van der Waals surface area contributed by atoms with Crippen LogP contribution in [0.4, 0.5) is 0 Å². The van der Waals surface area contributed by atoms with Crippen molar-refractivity contribution in [3.05, 3.63) is 45.5 Å². The number of fused-ring (bicyclic) bond motifs is 2. The van der Waals surface area contributed by atoms with Crippen molar-refractivity contribution in [2.24, 2.45) is 0 Å². The molecule has 0 unspecified atom stereocenters. The van der Waals surface area contributed by atoms with Gasteiger partial charge in [-0.1, -0.05) is 0 Å². The summed E-state index contributed by atoms with van der Waals surface area (Å²) >= 11 is 0. The van der Waals surface area contributed by atoms with Gasteiger partial charge in [0, 0.05) is 21.9 Å². The van der Waals surface area contributed by atoms with Crippen LogP contribution >= 0.6 is 0 Å². The molecule has 2 aromatic heterocycles. The molecular formula is C14H12O3. The Morgan fingerprint density at radius 1 is 1.00 bits per heavy atom. The maximum atomic E-state index is 11.7. The smallest absolute Gasteiger partial charge is 0.339 e. The molecule has 0 aliphatic carbocycles.